The summed E-state index contributed by atoms with van der Waals surface area (Å²) >= 11 is 5.77. The molecule has 0 amide bonds. The highest BCUT2D eigenvalue weighted by molar-refractivity contribution is 6.30. The minimum absolute atomic E-state index is 0.278. The number of benzene rings is 1. The smallest absolute Gasteiger partial charge is 0.0760 e. The summed E-state index contributed by atoms with van der Waals surface area (Å²) < 4.78 is 0. The third-order valence-corrected chi connectivity index (χ3v) is 2.98. The van der Waals surface area contributed by atoms with Gasteiger partial charge in [-0.2, -0.15) is 0 Å². The molecule has 1 aromatic carbocycles. The monoisotopic (exact) mass is 211 g/mol. The van der Waals surface area contributed by atoms with Crippen LogP contribution in [0.3, 0.4) is 0 Å². The van der Waals surface area contributed by atoms with Crippen LogP contribution in [0, 0.1) is 5.92 Å². The molecular weight excluding hydrogens is 198 g/mol. The van der Waals surface area contributed by atoms with Gasteiger partial charge in [-0.05, 0) is 36.5 Å². The minimum Gasteiger partial charge on any atom is -0.391 e. The third kappa shape index (κ3) is 2.08. The largest absolute Gasteiger partial charge is 0.391 e. The number of halogens is 1. The Morgan fingerprint density at radius 2 is 1.86 bits per heavy atom. The van der Waals surface area contributed by atoms with Crippen LogP contribution in [0.1, 0.15) is 24.4 Å². The van der Waals surface area contributed by atoms with Gasteiger partial charge in [0.15, 0.2) is 0 Å². The van der Waals surface area contributed by atoms with Crippen LogP contribution >= 0.6 is 11.6 Å². The zero-order chi connectivity index (χ0) is 10.1. The summed E-state index contributed by atoms with van der Waals surface area (Å²) in [5, 5.41) is 10.5. The maximum Gasteiger partial charge on any atom is 0.0760 e. The maximum absolute atomic E-state index is 9.82. The Morgan fingerprint density at radius 3 is 2.36 bits per heavy atom. The van der Waals surface area contributed by atoms with Gasteiger partial charge in [0.25, 0.3) is 0 Å². The van der Waals surface area contributed by atoms with Crippen molar-refractivity contribution in [3.63, 3.8) is 0 Å². The zero-order valence-electron chi connectivity index (χ0n) is 7.86. The first-order valence-corrected chi connectivity index (χ1v) is 5.25. The highest BCUT2D eigenvalue weighted by Gasteiger charge is 2.34. The van der Waals surface area contributed by atoms with E-state index in [1.807, 2.05) is 12.1 Å². The van der Waals surface area contributed by atoms with Gasteiger partial charge in [-0.25, -0.2) is 0 Å². The van der Waals surface area contributed by atoms with Gasteiger partial charge >= 0.3 is 0 Å². The lowest BCUT2D eigenvalue weighted by Crippen LogP contribution is -2.27. The fraction of sp³-hybridized carbons (Fsp3) is 0.455. The first-order valence-electron chi connectivity index (χ1n) is 4.87. The SMILES string of the molecule is N[C@@H](c1ccc(Cl)cc1)[C@H](O)C1CC1. The van der Waals surface area contributed by atoms with E-state index in [1.165, 1.54) is 0 Å². The molecule has 0 saturated heterocycles. The topological polar surface area (TPSA) is 46.2 Å². The molecule has 14 heavy (non-hydrogen) atoms. The molecule has 1 aromatic rings. The Morgan fingerprint density at radius 1 is 1.29 bits per heavy atom. The van der Waals surface area contributed by atoms with E-state index in [2.05, 4.69) is 0 Å². The van der Waals surface area contributed by atoms with Gasteiger partial charge in [0, 0.05) is 5.02 Å². The first-order chi connectivity index (χ1) is 6.68. The molecule has 3 heteroatoms. The van der Waals surface area contributed by atoms with Gasteiger partial charge in [0.05, 0.1) is 12.1 Å². The second kappa shape index (κ2) is 3.89. The minimum atomic E-state index is -0.406. The fourth-order valence-electron chi connectivity index (χ4n) is 1.61. The van der Waals surface area contributed by atoms with Crippen molar-refractivity contribution in [1.29, 1.82) is 0 Å². The van der Waals surface area contributed by atoms with Crippen LogP contribution in [0.4, 0.5) is 0 Å². The van der Waals surface area contributed by atoms with Crippen molar-refractivity contribution in [3.8, 4) is 0 Å². The summed E-state index contributed by atoms with van der Waals surface area (Å²) in [6.07, 6.45) is 1.79. The van der Waals surface area contributed by atoms with Gasteiger partial charge in [-0.15, -0.1) is 0 Å². The number of rotatable bonds is 3. The number of hydrogen-bond acceptors (Lipinski definition) is 2. The van der Waals surface area contributed by atoms with Crippen LogP contribution in [0.15, 0.2) is 24.3 Å². The Kier molecular flexibility index (Phi) is 2.77. The normalized spacial score (nSPS) is 20.5. The summed E-state index contributed by atoms with van der Waals surface area (Å²) in [5.74, 6) is 0.403. The Balaban J connectivity index is 2.09. The van der Waals surface area contributed by atoms with E-state index in [-0.39, 0.29) is 6.04 Å². The lowest BCUT2D eigenvalue weighted by atomic mass is 9.99. The molecule has 0 aliphatic heterocycles. The Labute approximate surface area is 88.7 Å². The highest BCUT2D eigenvalue weighted by Crippen LogP contribution is 2.37. The van der Waals surface area contributed by atoms with Gasteiger partial charge in [0.2, 0.25) is 0 Å². The molecule has 0 aromatic heterocycles. The lowest BCUT2D eigenvalue weighted by molar-refractivity contribution is 0.122. The molecule has 1 fully saturated rings. The first kappa shape index (κ1) is 9.97. The molecule has 1 aliphatic rings. The standard InChI is InChI=1S/C11H14ClNO/c12-9-5-3-7(4-6-9)10(13)11(14)8-1-2-8/h3-6,8,10-11,14H,1-2,13H2/t10-,11+/m0/s1. The molecule has 0 unspecified atom stereocenters. The maximum atomic E-state index is 9.82. The van der Waals surface area contributed by atoms with Gasteiger partial charge in [-0.3, -0.25) is 0 Å². The van der Waals surface area contributed by atoms with E-state index in [0.717, 1.165) is 18.4 Å². The zero-order valence-corrected chi connectivity index (χ0v) is 8.61. The van der Waals surface area contributed by atoms with Gasteiger partial charge in [0.1, 0.15) is 0 Å². The molecule has 2 nitrogen and oxygen atoms in total. The molecule has 2 rings (SSSR count). The molecular formula is C11H14ClNO. The lowest BCUT2D eigenvalue weighted by Gasteiger charge is -2.18. The molecule has 0 bridgehead atoms. The summed E-state index contributed by atoms with van der Waals surface area (Å²) in [7, 11) is 0. The predicted molar refractivity (Wildman–Crippen MR) is 57.1 cm³/mol. The summed E-state index contributed by atoms with van der Waals surface area (Å²) in [4.78, 5) is 0. The van der Waals surface area contributed by atoms with Crippen molar-refractivity contribution in [2.45, 2.75) is 25.0 Å². The van der Waals surface area contributed by atoms with Gasteiger partial charge < -0.3 is 10.8 Å². The van der Waals surface area contributed by atoms with Crippen molar-refractivity contribution >= 4 is 11.6 Å². The van der Waals surface area contributed by atoms with E-state index in [4.69, 9.17) is 17.3 Å². The molecule has 2 atom stereocenters. The molecule has 1 aliphatic carbocycles. The second-order valence-electron chi connectivity index (χ2n) is 3.91. The quantitative estimate of drug-likeness (QED) is 0.805. The average Bonchev–Trinajstić information content (AvgIpc) is 3.00. The summed E-state index contributed by atoms with van der Waals surface area (Å²) in [5.41, 5.74) is 6.89. The van der Waals surface area contributed by atoms with Crippen LogP contribution < -0.4 is 5.73 Å². The molecule has 1 saturated carbocycles. The molecule has 3 N–H and O–H groups in total. The van der Waals surface area contributed by atoms with Crippen molar-refractivity contribution in [1.82, 2.24) is 0 Å². The van der Waals surface area contributed by atoms with Crippen molar-refractivity contribution < 1.29 is 5.11 Å². The second-order valence-corrected chi connectivity index (χ2v) is 4.34. The van der Waals surface area contributed by atoms with E-state index in [1.54, 1.807) is 12.1 Å². The van der Waals surface area contributed by atoms with E-state index in [9.17, 15) is 5.11 Å². The predicted octanol–water partition coefficient (Wildman–Crippen LogP) is 2.11. The van der Waals surface area contributed by atoms with Crippen LogP contribution in [-0.2, 0) is 0 Å². The third-order valence-electron chi connectivity index (χ3n) is 2.73. The highest BCUT2D eigenvalue weighted by atomic mass is 35.5. The van der Waals surface area contributed by atoms with Crippen molar-refractivity contribution in [2.24, 2.45) is 11.7 Å². The van der Waals surface area contributed by atoms with Crippen LogP contribution in [-0.4, -0.2) is 11.2 Å². The van der Waals surface area contributed by atoms with Crippen molar-refractivity contribution in [3.05, 3.63) is 34.9 Å². The van der Waals surface area contributed by atoms with E-state index < -0.39 is 6.10 Å². The van der Waals surface area contributed by atoms with E-state index >= 15 is 0 Å². The number of aliphatic hydroxyl groups is 1. The number of aliphatic hydroxyl groups excluding tert-OH is 1. The molecule has 0 heterocycles. The van der Waals surface area contributed by atoms with Crippen LogP contribution in [0.2, 0.25) is 5.02 Å². The van der Waals surface area contributed by atoms with Crippen molar-refractivity contribution in [2.75, 3.05) is 0 Å². The molecule has 0 spiro atoms. The Hall–Kier alpha value is -0.570. The molecule has 76 valence electrons. The molecule has 0 radical (unpaired) electrons. The number of nitrogens with two attached hydrogens (primary N) is 1. The van der Waals surface area contributed by atoms with Gasteiger partial charge in [-0.1, -0.05) is 23.7 Å². The van der Waals surface area contributed by atoms with E-state index in [0.29, 0.717) is 10.9 Å². The average molecular weight is 212 g/mol. The Bertz CT molecular complexity index is 308. The summed E-state index contributed by atoms with van der Waals surface area (Å²) in [6, 6.07) is 7.07. The van der Waals surface area contributed by atoms with Crippen LogP contribution in [0.5, 0.6) is 0 Å². The fourth-order valence-corrected chi connectivity index (χ4v) is 1.74. The number of hydrogen-bond donors (Lipinski definition) is 2. The summed E-state index contributed by atoms with van der Waals surface area (Å²) in [6.45, 7) is 0. The van der Waals surface area contributed by atoms with Crippen LogP contribution in [0.25, 0.3) is 0 Å².